The first-order valence-electron chi connectivity index (χ1n) is 9.02. The van der Waals surface area contributed by atoms with Crippen LogP contribution in [-0.2, 0) is 0 Å². The molecule has 1 heterocycles. The van der Waals surface area contributed by atoms with Crippen molar-refractivity contribution in [3.8, 4) is 11.5 Å². The van der Waals surface area contributed by atoms with Crippen molar-refractivity contribution in [1.29, 1.82) is 0 Å². The molecule has 1 atom stereocenters. The highest BCUT2D eigenvalue weighted by Crippen LogP contribution is 2.27. The van der Waals surface area contributed by atoms with Crippen LogP contribution in [0.15, 0.2) is 24.3 Å². The predicted molar refractivity (Wildman–Crippen MR) is 93.6 cm³/mol. The highest BCUT2D eigenvalue weighted by Gasteiger charge is 2.33. The fourth-order valence-electron chi connectivity index (χ4n) is 3.58. The third kappa shape index (κ3) is 4.13. The monoisotopic (exact) mass is 332 g/mol. The van der Waals surface area contributed by atoms with Gasteiger partial charge in [-0.3, -0.25) is 0 Å². The van der Waals surface area contributed by atoms with Crippen LogP contribution >= 0.6 is 0 Å². The van der Waals surface area contributed by atoms with Crippen LogP contribution in [0, 0.1) is 5.92 Å². The van der Waals surface area contributed by atoms with E-state index in [0.29, 0.717) is 19.0 Å². The van der Waals surface area contributed by atoms with Crippen molar-refractivity contribution in [2.75, 3.05) is 20.2 Å². The van der Waals surface area contributed by atoms with Gasteiger partial charge in [0.1, 0.15) is 17.6 Å². The quantitative estimate of drug-likeness (QED) is 0.898. The number of nitrogens with one attached hydrogen (secondary N) is 1. The van der Waals surface area contributed by atoms with Gasteiger partial charge in [-0.15, -0.1) is 0 Å². The lowest BCUT2D eigenvalue weighted by Gasteiger charge is -2.40. The largest absolute Gasteiger partial charge is 0.497 e. The molecule has 3 rings (SSSR count). The Morgan fingerprint density at radius 3 is 2.62 bits per heavy atom. The van der Waals surface area contributed by atoms with Crippen LogP contribution in [0.1, 0.15) is 39.0 Å². The molecule has 5 nitrogen and oxygen atoms in total. The van der Waals surface area contributed by atoms with Crippen LogP contribution < -0.4 is 14.8 Å². The Morgan fingerprint density at radius 2 is 1.92 bits per heavy atom. The summed E-state index contributed by atoms with van der Waals surface area (Å²) in [5.41, 5.74) is 0. The van der Waals surface area contributed by atoms with Crippen LogP contribution in [0.25, 0.3) is 0 Å². The summed E-state index contributed by atoms with van der Waals surface area (Å²) >= 11 is 0. The molecule has 5 heteroatoms. The molecule has 1 aromatic rings. The van der Waals surface area contributed by atoms with Crippen molar-refractivity contribution in [1.82, 2.24) is 10.2 Å². The Kier molecular flexibility index (Phi) is 5.48. The maximum atomic E-state index is 12.3. The molecule has 1 saturated carbocycles. The van der Waals surface area contributed by atoms with E-state index >= 15 is 0 Å². The molecule has 0 aromatic heterocycles. The number of rotatable bonds is 5. The third-order valence-corrected chi connectivity index (χ3v) is 5.19. The summed E-state index contributed by atoms with van der Waals surface area (Å²) in [6, 6.07) is 7.88. The zero-order valence-electron chi connectivity index (χ0n) is 14.7. The van der Waals surface area contributed by atoms with Gasteiger partial charge in [-0.1, -0.05) is 25.3 Å². The Labute approximate surface area is 144 Å². The van der Waals surface area contributed by atoms with Gasteiger partial charge >= 0.3 is 6.03 Å². The standard InChI is InChI=1S/C19H28N2O3/c1-14(15-7-4-3-5-8-15)20-19(22)21-12-18(13-21)24-17-10-6-9-16(11-17)23-2/h6,9-11,14-15,18H,3-5,7-8,12-13H2,1-2H3,(H,20,22)/t14-/m0/s1. The molecular formula is C19H28N2O3. The van der Waals surface area contributed by atoms with E-state index in [-0.39, 0.29) is 18.2 Å². The molecule has 2 fully saturated rings. The van der Waals surface area contributed by atoms with E-state index < -0.39 is 0 Å². The van der Waals surface area contributed by atoms with E-state index in [2.05, 4.69) is 12.2 Å². The van der Waals surface area contributed by atoms with Crippen LogP contribution in [0.5, 0.6) is 11.5 Å². The minimum absolute atomic E-state index is 0.0403. The maximum absolute atomic E-state index is 12.3. The average molecular weight is 332 g/mol. The zero-order chi connectivity index (χ0) is 16.9. The lowest BCUT2D eigenvalue weighted by atomic mass is 9.84. The van der Waals surface area contributed by atoms with Gasteiger partial charge in [-0.2, -0.15) is 0 Å². The number of methoxy groups -OCH3 is 1. The third-order valence-electron chi connectivity index (χ3n) is 5.19. The number of carbonyl (C=O) groups excluding carboxylic acids is 1. The van der Waals surface area contributed by atoms with Gasteiger partial charge in [-0.05, 0) is 37.8 Å². The second-order valence-corrected chi connectivity index (χ2v) is 6.96. The molecule has 24 heavy (non-hydrogen) atoms. The molecule has 0 bridgehead atoms. The van der Waals surface area contributed by atoms with Gasteiger partial charge in [-0.25, -0.2) is 4.79 Å². The molecular weight excluding hydrogens is 304 g/mol. The number of urea groups is 1. The molecule has 0 spiro atoms. The summed E-state index contributed by atoms with van der Waals surface area (Å²) in [5.74, 6) is 2.20. The van der Waals surface area contributed by atoms with Crippen LogP contribution in [0.4, 0.5) is 4.79 Å². The van der Waals surface area contributed by atoms with Gasteiger partial charge in [0.15, 0.2) is 0 Å². The first-order chi connectivity index (χ1) is 11.7. The lowest BCUT2D eigenvalue weighted by Crippen LogP contribution is -2.60. The minimum atomic E-state index is 0.0403. The Morgan fingerprint density at radius 1 is 1.21 bits per heavy atom. The highest BCUT2D eigenvalue weighted by atomic mass is 16.5. The summed E-state index contributed by atoms with van der Waals surface area (Å²) in [7, 11) is 1.64. The summed E-state index contributed by atoms with van der Waals surface area (Å²) in [6.07, 6.45) is 6.47. The molecule has 1 aliphatic heterocycles. The average Bonchev–Trinajstić information content (AvgIpc) is 2.58. The van der Waals surface area contributed by atoms with Gasteiger partial charge in [0.25, 0.3) is 0 Å². The second-order valence-electron chi connectivity index (χ2n) is 6.96. The smallest absolute Gasteiger partial charge is 0.317 e. The van der Waals surface area contributed by atoms with E-state index in [1.54, 1.807) is 7.11 Å². The van der Waals surface area contributed by atoms with E-state index in [0.717, 1.165) is 11.5 Å². The Balaban J connectivity index is 1.41. The number of hydrogen-bond donors (Lipinski definition) is 1. The van der Waals surface area contributed by atoms with Crippen molar-refractivity contribution >= 4 is 6.03 Å². The topological polar surface area (TPSA) is 50.8 Å². The molecule has 1 aliphatic carbocycles. The van der Waals surface area contributed by atoms with E-state index in [1.165, 1.54) is 32.1 Å². The van der Waals surface area contributed by atoms with Crippen LogP contribution in [0.2, 0.25) is 0 Å². The van der Waals surface area contributed by atoms with Crippen molar-refractivity contribution in [2.45, 2.75) is 51.2 Å². The molecule has 1 aromatic carbocycles. The molecule has 1 saturated heterocycles. The first kappa shape index (κ1) is 16.9. The van der Waals surface area contributed by atoms with Gasteiger partial charge in [0.05, 0.1) is 20.2 Å². The number of ether oxygens (including phenoxy) is 2. The second kappa shape index (κ2) is 7.77. The fourth-order valence-corrected chi connectivity index (χ4v) is 3.58. The minimum Gasteiger partial charge on any atom is -0.497 e. The molecule has 2 amide bonds. The summed E-state index contributed by atoms with van der Waals surface area (Å²) in [6.45, 7) is 3.42. The van der Waals surface area contributed by atoms with E-state index in [9.17, 15) is 4.79 Å². The number of benzene rings is 1. The Bertz CT molecular complexity index is 551. The van der Waals surface area contributed by atoms with Gasteiger partial charge < -0.3 is 19.7 Å². The summed E-state index contributed by atoms with van der Waals surface area (Å²) in [5, 5.41) is 3.17. The molecule has 132 valence electrons. The molecule has 0 unspecified atom stereocenters. The maximum Gasteiger partial charge on any atom is 0.317 e. The van der Waals surface area contributed by atoms with Crippen molar-refractivity contribution in [3.63, 3.8) is 0 Å². The number of hydrogen-bond acceptors (Lipinski definition) is 3. The summed E-state index contributed by atoms with van der Waals surface area (Å²) in [4.78, 5) is 14.1. The molecule has 2 aliphatic rings. The lowest BCUT2D eigenvalue weighted by molar-refractivity contribution is 0.0424. The van der Waals surface area contributed by atoms with Crippen molar-refractivity contribution in [2.24, 2.45) is 5.92 Å². The van der Waals surface area contributed by atoms with Crippen LogP contribution in [-0.4, -0.2) is 43.3 Å². The molecule has 0 radical (unpaired) electrons. The van der Waals surface area contributed by atoms with E-state index in [4.69, 9.17) is 9.47 Å². The van der Waals surface area contributed by atoms with E-state index in [1.807, 2.05) is 29.2 Å². The van der Waals surface area contributed by atoms with Crippen LogP contribution in [0.3, 0.4) is 0 Å². The predicted octanol–water partition coefficient (Wildman–Crippen LogP) is 3.44. The Hall–Kier alpha value is -1.91. The number of nitrogens with zero attached hydrogens (tertiary/aromatic N) is 1. The van der Waals surface area contributed by atoms with Crippen molar-refractivity contribution < 1.29 is 14.3 Å². The van der Waals surface area contributed by atoms with Crippen molar-refractivity contribution in [3.05, 3.63) is 24.3 Å². The number of carbonyl (C=O) groups is 1. The zero-order valence-corrected chi connectivity index (χ0v) is 14.7. The fraction of sp³-hybridized carbons (Fsp3) is 0.632. The van der Waals surface area contributed by atoms with Gasteiger partial charge in [0.2, 0.25) is 0 Å². The first-order valence-corrected chi connectivity index (χ1v) is 9.02. The SMILES string of the molecule is COc1cccc(OC2CN(C(=O)N[C@@H](C)C3CCCCC3)C2)c1. The number of likely N-dealkylation sites (tertiary alicyclic amines) is 1. The number of amides is 2. The molecule has 1 N–H and O–H groups in total. The highest BCUT2D eigenvalue weighted by molar-refractivity contribution is 5.75. The normalized spacial score (nSPS) is 20.2. The summed E-state index contributed by atoms with van der Waals surface area (Å²) < 4.78 is 11.1. The van der Waals surface area contributed by atoms with Gasteiger partial charge in [0, 0.05) is 12.1 Å².